The largest absolute Gasteiger partial charge is 0.454 e. The lowest BCUT2D eigenvalue weighted by atomic mass is 10.1. The average molecular weight is 230 g/mol. The van der Waals surface area contributed by atoms with Crippen LogP contribution in [0.1, 0.15) is 11.1 Å². The number of halogens is 1. The van der Waals surface area contributed by atoms with Crippen LogP contribution in [-0.2, 0) is 11.4 Å². The van der Waals surface area contributed by atoms with Gasteiger partial charge in [-0.05, 0) is 24.1 Å². The first-order chi connectivity index (χ1) is 7.24. The van der Waals surface area contributed by atoms with Gasteiger partial charge in [-0.25, -0.2) is 0 Å². The van der Waals surface area contributed by atoms with E-state index in [0.717, 1.165) is 11.1 Å². The first kappa shape index (κ1) is 10.5. The number of hydroxylamine groups is 1. The standard InChI is InChI=1S/C10H12ClNO3/c1-6-3-8-10(15-5-14-8)9(11)7(6)4-12-13-2/h3,12H,4-5H2,1-2H3. The summed E-state index contributed by atoms with van der Waals surface area (Å²) in [4.78, 5) is 4.79. The minimum Gasteiger partial charge on any atom is -0.454 e. The second-order valence-electron chi connectivity index (χ2n) is 3.25. The van der Waals surface area contributed by atoms with Crippen molar-refractivity contribution in [3.8, 4) is 11.5 Å². The quantitative estimate of drug-likeness (QED) is 0.806. The van der Waals surface area contributed by atoms with Gasteiger partial charge >= 0.3 is 0 Å². The van der Waals surface area contributed by atoms with Crippen LogP contribution in [0.3, 0.4) is 0 Å². The molecule has 0 aromatic heterocycles. The molecular weight excluding hydrogens is 218 g/mol. The number of nitrogens with one attached hydrogen (secondary N) is 1. The van der Waals surface area contributed by atoms with Crippen molar-refractivity contribution in [2.75, 3.05) is 13.9 Å². The molecule has 1 aromatic carbocycles. The van der Waals surface area contributed by atoms with Crippen LogP contribution in [0, 0.1) is 6.92 Å². The second kappa shape index (κ2) is 4.26. The Bertz CT molecular complexity index is 381. The highest BCUT2D eigenvalue weighted by Crippen LogP contribution is 2.42. The van der Waals surface area contributed by atoms with Crippen molar-refractivity contribution in [3.05, 3.63) is 22.2 Å². The van der Waals surface area contributed by atoms with Gasteiger partial charge in [0.15, 0.2) is 11.5 Å². The Morgan fingerprint density at radius 3 is 3.07 bits per heavy atom. The Labute approximate surface area is 93.0 Å². The van der Waals surface area contributed by atoms with Crippen molar-refractivity contribution < 1.29 is 14.3 Å². The zero-order valence-electron chi connectivity index (χ0n) is 8.59. The Morgan fingerprint density at radius 2 is 2.33 bits per heavy atom. The maximum atomic E-state index is 6.19. The van der Waals surface area contributed by atoms with Gasteiger partial charge in [0.2, 0.25) is 6.79 Å². The molecular formula is C10H12ClNO3. The fourth-order valence-corrected chi connectivity index (χ4v) is 1.89. The molecule has 1 N–H and O–H groups in total. The molecule has 1 aliphatic rings. The Balaban J connectivity index is 2.37. The maximum Gasteiger partial charge on any atom is 0.231 e. The van der Waals surface area contributed by atoms with E-state index < -0.39 is 0 Å². The van der Waals surface area contributed by atoms with Gasteiger partial charge in [0.05, 0.1) is 12.1 Å². The number of hydrogen-bond acceptors (Lipinski definition) is 4. The van der Waals surface area contributed by atoms with E-state index in [4.69, 9.17) is 25.9 Å². The number of benzene rings is 1. The molecule has 0 radical (unpaired) electrons. The molecule has 0 atom stereocenters. The summed E-state index contributed by atoms with van der Waals surface area (Å²) in [6.45, 7) is 2.74. The lowest BCUT2D eigenvalue weighted by molar-refractivity contribution is 0.0865. The van der Waals surface area contributed by atoms with Crippen molar-refractivity contribution in [2.24, 2.45) is 0 Å². The number of rotatable bonds is 3. The van der Waals surface area contributed by atoms with Crippen LogP contribution in [-0.4, -0.2) is 13.9 Å². The van der Waals surface area contributed by atoms with Gasteiger partial charge in [-0.2, -0.15) is 5.48 Å². The van der Waals surface area contributed by atoms with Crippen LogP contribution < -0.4 is 15.0 Å². The summed E-state index contributed by atoms with van der Waals surface area (Å²) in [6, 6.07) is 1.92. The zero-order valence-corrected chi connectivity index (χ0v) is 9.35. The molecule has 0 bridgehead atoms. The number of aryl methyl sites for hydroxylation is 1. The molecule has 4 nitrogen and oxygen atoms in total. The number of ether oxygens (including phenoxy) is 2. The lowest BCUT2D eigenvalue weighted by Crippen LogP contribution is -2.12. The molecule has 0 aliphatic carbocycles. The lowest BCUT2D eigenvalue weighted by Gasteiger charge is -2.10. The minimum absolute atomic E-state index is 0.232. The third-order valence-corrected chi connectivity index (χ3v) is 2.72. The van der Waals surface area contributed by atoms with Gasteiger partial charge in [0.25, 0.3) is 0 Å². The topological polar surface area (TPSA) is 39.7 Å². The van der Waals surface area contributed by atoms with E-state index in [2.05, 4.69) is 5.48 Å². The average Bonchev–Trinajstić information content (AvgIpc) is 2.65. The van der Waals surface area contributed by atoms with Gasteiger partial charge in [-0.1, -0.05) is 11.6 Å². The minimum atomic E-state index is 0.232. The molecule has 0 unspecified atom stereocenters. The van der Waals surface area contributed by atoms with Gasteiger partial charge in [0.1, 0.15) is 0 Å². The highest BCUT2D eigenvalue weighted by molar-refractivity contribution is 6.33. The third-order valence-electron chi connectivity index (χ3n) is 2.32. The predicted molar refractivity (Wildman–Crippen MR) is 56.2 cm³/mol. The van der Waals surface area contributed by atoms with Gasteiger partial charge in [-0.15, -0.1) is 0 Å². The SMILES string of the molecule is CONCc1c(C)cc2c(c1Cl)OCO2. The molecule has 0 saturated heterocycles. The normalized spacial score (nSPS) is 13.3. The van der Waals surface area contributed by atoms with Crippen molar-refractivity contribution in [3.63, 3.8) is 0 Å². The molecule has 2 rings (SSSR count). The van der Waals surface area contributed by atoms with Crippen LogP contribution >= 0.6 is 11.6 Å². The molecule has 1 aliphatic heterocycles. The summed E-state index contributed by atoms with van der Waals surface area (Å²) in [5, 5.41) is 0.590. The fourth-order valence-electron chi connectivity index (χ4n) is 1.52. The van der Waals surface area contributed by atoms with Gasteiger partial charge < -0.3 is 14.3 Å². The van der Waals surface area contributed by atoms with Gasteiger partial charge in [-0.3, -0.25) is 0 Å². The Hall–Kier alpha value is -0.970. The first-order valence-corrected chi connectivity index (χ1v) is 4.95. The molecule has 15 heavy (non-hydrogen) atoms. The van der Waals surface area contributed by atoms with Crippen molar-refractivity contribution >= 4 is 11.6 Å². The molecule has 1 heterocycles. The predicted octanol–water partition coefficient (Wildman–Crippen LogP) is 2.03. The molecule has 0 spiro atoms. The van der Waals surface area contributed by atoms with E-state index in [1.165, 1.54) is 0 Å². The molecule has 0 amide bonds. The summed E-state index contributed by atoms with van der Waals surface area (Å²) in [6.07, 6.45) is 0. The number of hydrogen-bond donors (Lipinski definition) is 1. The molecule has 0 saturated carbocycles. The van der Waals surface area contributed by atoms with Crippen LogP contribution in [0.25, 0.3) is 0 Å². The maximum absolute atomic E-state index is 6.19. The number of fused-ring (bicyclic) bond motifs is 1. The van der Waals surface area contributed by atoms with Gasteiger partial charge in [0, 0.05) is 6.54 Å². The monoisotopic (exact) mass is 229 g/mol. The summed E-state index contributed by atoms with van der Waals surface area (Å²) >= 11 is 6.19. The van der Waals surface area contributed by atoms with E-state index >= 15 is 0 Å². The summed E-state index contributed by atoms with van der Waals surface area (Å²) in [5.41, 5.74) is 4.77. The highest BCUT2D eigenvalue weighted by atomic mass is 35.5. The van der Waals surface area contributed by atoms with Crippen LogP contribution in [0.2, 0.25) is 5.02 Å². The smallest absolute Gasteiger partial charge is 0.231 e. The van der Waals surface area contributed by atoms with Crippen molar-refractivity contribution in [1.29, 1.82) is 0 Å². The molecule has 82 valence electrons. The Morgan fingerprint density at radius 1 is 1.53 bits per heavy atom. The Kier molecular flexibility index (Phi) is 3.00. The molecule has 1 aromatic rings. The van der Waals surface area contributed by atoms with Crippen LogP contribution in [0.5, 0.6) is 11.5 Å². The zero-order chi connectivity index (χ0) is 10.8. The van der Waals surface area contributed by atoms with E-state index in [-0.39, 0.29) is 6.79 Å². The first-order valence-electron chi connectivity index (χ1n) is 4.57. The molecule has 0 fully saturated rings. The second-order valence-corrected chi connectivity index (χ2v) is 3.62. The van der Waals surface area contributed by atoms with Crippen molar-refractivity contribution in [2.45, 2.75) is 13.5 Å². The van der Waals surface area contributed by atoms with Crippen molar-refractivity contribution in [1.82, 2.24) is 5.48 Å². The third kappa shape index (κ3) is 1.88. The van der Waals surface area contributed by atoms with E-state index in [0.29, 0.717) is 23.1 Å². The van der Waals surface area contributed by atoms with E-state index in [1.807, 2.05) is 13.0 Å². The van der Waals surface area contributed by atoms with E-state index in [9.17, 15) is 0 Å². The highest BCUT2D eigenvalue weighted by Gasteiger charge is 2.21. The van der Waals surface area contributed by atoms with E-state index in [1.54, 1.807) is 7.11 Å². The fraction of sp³-hybridized carbons (Fsp3) is 0.400. The molecule has 5 heteroatoms. The summed E-state index contributed by atoms with van der Waals surface area (Å²) in [5.74, 6) is 1.33. The van der Waals surface area contributed by atoms with Crippen LogP contribution in [0.15, 0.2) is 6.07 Å². The summed E-state index contributed by atoms with van der Waals surface area (Å²) in [7, 11) is 1.57. The van der Waals surface area contributed by atoms with Crippen LogP contribution in [0.4, 0.5) is 0 Å². The summed E-state index contributed by atoms with van der Waals surface area (Å²) < 4.78 is 10.5.